The SMILES string of the molecule is COc1ccc(C(C)=O)cc1CO/N=C(/N)Cc1ccccc1. The number of rotatable bonds is 7. The summed E-state index contributed by atoms with van der Waals surface area (Å²) >= 11 is 0. The summed E-state index contributed by atoms with van der Waals surface area (Å²) in [6, 6.07) is 15.0. The van der Waals surface area contributed by atoms with Crippen LogP contribution < -0.4 is 10.5 Å². The zero-order valence-corrected chi connectivity index (χ0v) is 13.3. The van der Waals surface area contributed by atoms with Gasteiger partial charge in [-0.05, 0) is 30.7 Å². The fourth-order valence-corrected chi connectivity index (χ4v) is 2.13. The number of hydrogen-bond acceptors (Lipinski definition) is 4. The van der Waals surface area contributed by atoms with Gasteiger partial charge in [0.2, 0.25) is 0 Å². The molecule has 23 heavy (non-hydrogen) atoms. The summed E-state index contributed by atoms with van der Waals surface area (Å²) in [4.78, 5) is 16.8. The topological polar surface area (TPSA) is 73.9 Å². The molecule has 0 fully saturated rings. The van der Waals surface area contributed by atoms with Gasteiger partial charge in [0.1, 0.15) is 18.2 Å². The van der Waals surface area contributed by atoms with Gasteiger partial charge in [-0.2, -0.15) is 0 Å². The van der Waals surface area contributed by atoms with Crippen molar-refractivity contribution in [2.75, 3.05) is 7.11 Å². The van der Waals surface area contributed by atoms with E-state index in [1.165, 1.54) is 6.92 Å². The number of carbonyl (C=O) groups excluding carboxylic acids is 1. The van der Waals surface area contributed by atoms with Crippen LogP contribution in [-0.2, 0) is 17.9 Å². The lowest BCUT2D eigenvalue weighted by atomic mass is 10.1. The van der Waals surface area contributed by atoms with Crippen LogP contribution in [-0.4, -0.2) is 18.7 Å². The molecular formula is C18H20N2O3. The number of nitrogens with two attached hydrogens (primary N) is 1. The number of ether oxygens (including phenoxy) is 1. The molecular weight excluding hydrogens is 292 g/mol. The lowest BCUT2D eigenvalue weighted by Gasteiger charge is -2.09. The van der Waals surface area contributed by atoms with Crippen LogP contribution in [0.3, 0.4) is 0 Å². The third-order valence-electron chi connectivity index (χ3n) is 3.32. The van der Waals surface area contributed by atoms with Gasteiger partial charge in [-0.15, -0.1) is 0 Å². The second-order valence-corrected chi connectivity index (χ2v) is 5.10. The molecule has 0 aliphatic rings. The maximum Gasteiger partial charge on any atom is 0.159 e. The molecule has 0 aromatic heterocycles. The standard InChI is InChI=1S/C18H20N2O3/c1-13(21)15-8-9-17(22-2)16(11-15)12-23-20-18(19)10-14-6-4-3-5-7-14/h3-9,11H,10,12H2,1-2H3,(H2,19,20). The fraction of sp³-hybridized carbons (Fsp3) is 0.222. The predicted octanol–water partition coefficient (Wildman–Crippen LogP) is 2.93. The average molecular weight is 312 g/mol. The number of Topliss-reactive ketones (excluding diaryl/α,β-unsaturated/α-hetero) is 1. The molecule has 0 heterocycles. The molecule has 2 rings (SSSR count). The molecule has 0 unspecified atom stereocenters. The van der Waals surface area contributed by atoms with E-state index >= 15 is 0 Å². The number of methoxy groups -OCH3 is 1. The second kappa shape index (κ2) is 7.98. The highest BCUT2D eigenvalue weighted by Crippen LogP contribution is 2.21. The van der Waals surface area contributed by atoms with Crippen molar-refractivity contribution in [1.82, 2.24) is 0 Å². The number of nitrogens with zero attached hydrogens (tertiary/aromatic N) is 1. The van der Waals surface area contributed by atoms with Crippen LogP contribution >= 0.6 is 0 Å². The van der Waals surface area contributed by atoms with Gasteiger partial charge in [0.05, 0.1) is 7.11 Å². The molecule has 2 N–H and O–H groups in total. The minimum atomic E-state index is -0.0130. The molecule has 0 bridgehead atoms. The first kappa shape index (κ1) is 16.5. The van der Waals surface area contributed by atoms with Crippen LogP contribution in [0, 0.1) is 0 Å². The van der Waals surface area contributed by atoms with E-state index in [1.54, 1.807) is 25.3 Å². The van der Waals surface area contributed by atoms with Crippen molar-refractivity contribution in [1.29, 1.82) is 0 Å². The van der Waals surface area contributed by atoms with E-state index in [4.69, 9.17) is 15.3 Å². The van der Waals surface area contributed by atoms with Gasteiger partial charge in [-0.1, -0.05) is 35.5 Å². The molecule has 5 heteroatoms. The maximum atomic E-state index is 11.5. The first-order chi connectivity index (χ1) is 11.1. The van der Waals surface area contributed by atoms with E-state index < -0.39 is 0 Å². The van der Waals surface area contributed by atoms with Crippen molar-refractivity contribution in [2.24, 2.45) is 10.9 Å². The highest BCUT2D eigenvalue weighted by molar-refractivity contribution is 5.94. The minimum absolute atomic E-state index is 0.0130. The third kappa shape index (κ3) is 4.85. The van der Waals surface area contributed by atoms with Gasteiger partial charge in [0.15, 0.2) is 5.78 Å². The normalized spacial score (nSPS) is 11.1. The summed E-state index contributed by atoms with van der Waals surface area (Å²) in [5, 5.41) is 3.92. The van der Waals surface area contributed by atoms with Crippen molar-refractivity contribution in [3.05, 3.63) is 65.2 Å². The van der Waals surface area contributed by atoms with Crippen LogP contribution in [0.15, 0.2) is 53.7 Å². The summed E-state index contributed by atoms with van der Waals surface area (Å²) in [6.45, 7) is 1.70. The molecule has 0 atom stereocenters. The largest absolute Gasteiger partial charge is 0.496 e. The van der Waals surface area contributed by atoms with E-state index in [-0.39, 0.29) is 12.4 Å². The lowest BCUT2D eigenvalue weighted by molar-refractivity contribution is 0.101. The van der Waals surface area contributed by atoms with E-state index in [9.17, 15) is 4.79 Å². The molecule has 0 aliphatic heterocycles. The fourth-order valence-electron chi connectivity index (χ4n) is 2.13. The number of ketones is 1. The molecule has 0 saturated heterocycles. The van der Waals surface area contributed by atoms with Crippen molar-refractivity contribution in [2.45, 2.75) is 20.0 Å². The Morgan fingerprint density at radius 2 is 1.91 bits per heavy atom. The number of oxime groups is 1. The Hall–Kier alpha value is -2.82. The Kier molecular flexibility index (Phi) is 5.74. The molecule has 0 radical (unpaired) electrons. The van der Waals surface area contributed by atoms with Crippen LogP contribution in [0.4, 0.5) is 0 Å². The lowest BCUT2D eigenvalue weighted by Crippen LogP contribution is -2.15. The van der Waals surface area contributed by atoms with Gasteiger partial charge in [-0.25, -0.2) is 0 Å². The molecule has 5 nitrogen and oxygen atoms in total. The minimum Gasteiger partial charge on any atom is -0.496 e. The number of amidine groups is 1. The van der Waals surface area contributed by atoms with E-state index in [2.05, 4.69) is 5.16 Å². The van der Waals surface area contributed by atoms with Crippen molar-refractivity contribution >= 4 is 11.6 Å². The summed E-state index contributed by atoms with van der Waals surface area (Å²) in [5.41, 5.74) is 8.27. The molecule has 0 saturated carbocycles. The van der Waals surface area contributed by atoms with Crippen LogP contribution in [0.5, 0.6) is 5.75 Å². The Morgan fingerprint density at radius 3 is 2.57 bits per heavy atom. The zero-order chi connectivity index (χ0) is 16.7. The molecule has 120 valence electrons. The first-order valence-electron chi connectivity index (χ1n) is 7.26. The number of benzene rings is 2. The van der Waals surface area contributed by atoms with Crippen molar-refractivity contribution in [3.8, 4) is 5.75 Å². The Morgan fingerprint density at radius 1 is 1.17 bits per heavy atom. The smallest absolute Gasteiger partial charge is 0.159 e. The van der Waals surface area contributed by atoms with Gasteiger partial charge in [-0.3, -0.25) is 4.79 Å². The summed E-state index contributed by atoms with van der Waals surface area (Å²) < 4.78 is 5.26. The van der Waals surface area contributed by atoms with E-state index in [1.807, 2.05) is 30.3 Å². The highest BCUT2D eigenvalue weighted by Gasteiger charge is 2.08. The molecule has 0 spiro atoms. The molecule has 0 aliphatic carbocycles. The number of hydrogen-bond donors (Lipinski definition) is 1. The third-order valence-corrected chi connectivity index (χ3v) is 3.32. The zero-order valence-electron chi connectivity index (χ0n) is 13.3. The van der Waals surface area contributed by atoms with Crippen LogP contribution in [0.2, 0.25) is 0 Å². The monoisotopic (exact) mass is 312 g/mol. The summed E-state index contributed by atoms with van der Waals surface area (Å²) in [6.07, 6.45) is 0.519. The average Bonchev–Trinajstić information content (AvgIpc) is 2.55. The maximum absolute atomic E-state index is 11.5. The summed E-state index contributed by atoms with van der Waals surface area (Å²) in [5.74, 6) is 1.02. The van der Waals surface area contributed by atoms with E-state index in [0.29, 0.717) is 23.6 Å². The number of carbonyl (C=O) groups is 1. The predicted molar refractivity (Wildman–Crippen MR) is 89.6 cm³/mol. The van der Waals surface area contributed by atoms with Gasteiger partial charge >= 0.3 is 0 Å². The van der Waals surface area contributed by atoms with Gasteiger partial charge in [0, 0.05) is 17.5 Å². The first-order valence-corrected chi connectivity index (χ1v) is 7.26. The Balaban J connectivity index is 2.01. The van der Waals surface area contributed by atoms with E-state index in [0.717, 1.165) is 11.1 Å². The molecule has 2 aromatic carbocycles. The van der Waals surface area contributed by atoms with Crippen LogP contribution in [0.1, 0.15) is 28.4 Å². The molecule has 2 aromatic rings. The quantitative estimate of drug-likeness (QED) is 0.369. The van der Waals surface area contributed by atoms with Crippen LogP contribution in [0.25, 0.3) is 0 Å². The Labute approximate surface area is 135 Å². The van der Waals surface area contributed by atoms with Gasteiger partial charge in [0.25, 0.3) is 0 Å². The second-order valence-electron chi connectivity index (χ2n) is 5.10. The highest BCUT2D eigenvalue weighted by atomic mass is 16.6. The Bertz CT molecular complexity index is 697. The summed E-state index contributed by atoms with van der Waals surface area (Å²) in [7, 11) is 1.57. The van der Waals surface area contributed by atoms with Crippen molar-refractivity contribution < 1.29 is 14.4 Å². The van der Waals surface area contributed by atoms with Gasteiger partial charge < -0.3 is 15.3 Å². The van der Waals surface area contributed by atoms with Crippen molar-refractivity contribution in [3.63, 3.8) is 0 Å². The molecule has 0 amide bonds.